The molecule has 0 saturated carbocycles. The predicted molar refractivity (Wildman–Crippen MR) is 86.0 cm³/mol. The highest BCUT2D eigenvalue weighted by Gasteiger charge is 2.18. The fraction of sp³-hybridized carbons (Fsp3) is 0.500. The van der Waals surface area contributed by atoms with Gasteiger partial charge in [-0.3, -0.25) is 4.90 Å². The Kier molecular flexibility index (Phi) is 5.43. The molecule has 1 heterocycles. The van der Waals surface area contributed by atoms with Gasteiger partial charge in [0.2, 0.25) is 0 Å². The average Bonchev–Trinajstić information content (AvgIpc) is 2.42. The molecule has 0 radical (unpaired) electrons. The molecule has 0 bridgehead atoms. The van der Waals surface area contributed by atoms with Gasteiger partial charge in [-0.1, -0.05) is 30.7 Å². The summed E-state index contributed by atoms with van der Waals surface area (Å²) in [6.45, 7) is 7.53. The number of nitrogens with zero attached hydrogens (tertiary/aromatic N) is 2. The van der Waals surface area contributed by atoms with Gasteiger partial charge in [-0.2, -0.15) is 0 Å². The lowest BCUT2D eigenvalue weighted by atomic mass is 10.3. The summed E-state index contributed by atoms with van der Waals surface area (Å²) in [5.74, 6) is 0. The third-order valence-electron chi connectivity index (χ3n) is 3.31. The summed E-state index contributed by atoms with van der Waals surface area (Å²) in [6.07, 6.45) is 1.21. The molecule has 104 valence electrons. The number of halogens is 1. The molecule has 0 spiro atoms. The summed E-state index contributed by atoms with van der Waals surface area (Å²) in [4.78, 5) is 4.69. The third-order valence-corrected chi connectivity index (χ3v) is 4.00. The average molecular weight is 298 g/mol. The quantitative estimate of drug-likeness (QED) is 0.864. The maximum absolute atomic E-state index is 6.12. The molecule has 1 aliphatic rings. The molecule has 0 atom stereocenters. The largest absolute Gasteiger partial charge is 0.346 e. The highest BCUT2D eigenvalue weighted by molar-refractivity contribution is 7.80. The molecule has 5 heteroatoms. The molecule has 1 fully saturated rings. The van der Waals surface area contributed by atoms with Crippen molar-refractivity contribution in [3.05, 3.63) is 29.3 Å². The summed E-state index contributed by atoms with van der Waals surface area (Å²) in [5, 5.41) is 4.70. The zero-order valence-corrected chi connectivity index (χ0v) is 12.8. The lowest BCUT2D eigenvalue weighted by molar-refractivity contribution is 0.184. The number of hydrogen-bond donors (Lipinski definition) is 1. The van der Waals surface area contributed by atoms with E-state index >= 15 is 0 Å². The first kappa shape index (κ1) is 14.6. The van der Waals surface area contributed by atoms with Crippen LogP contribution in [0.5, 0.6) is 0 Å². The van der Waals surface area contributed by atoms with Crippen LogP contribution in [-0.2, 0) is 0 Å². The van der Waals surface area contributed by atoms with Crippen LogP contribution in [-0.4, -0.2) is 47.6 Å². The molecular weight excluding hydrogens is 278 g/mol. The number of anilines is 1. The minimum absolute atomic E-state index is 0.703. The predicted octanol–water partition coefficient (Wildman–Crippen LogP) is 3.06. The minimum Gasteiger partial charge on any atom is -0.346 e. The molecule has 0 aliphatic carbocycles. The first-order valence-corrected chi connectivity index (χ1v) is 7.52. The SMILES string of the molecule is CCCN1CCN(C(=S)Nc2ccccc2Cl)CC1. The summed E-state index contributed by atoms with van der Waals surface area (Å²) >= 11 is 11.6. The molecule has 1 N–H and O–H groups in total. The van der Waals surface area contributed by atoms with E-state index in [0.29, 0.717) is 5.02 Å². The van der Waals surface area contributed by atoms with Crippen molar-refractivity contribution in [3.63, 3.8) is 0 Å². The second kappa shape index (κ2) is 7.08. The zero-order valence-electron chi connectivity index (χ0n) is 11.2. The Labute approximate surface area is 125 Å². The molecule has 3 nitrogen and oxygen atoms in total. The summed E-state index contributed by atoms with van der Waals surface area (Å²) in [5.41, 5.74) is 0.880. The van der Waals surface area contributed by atoms with Gasteiger partial charge < -0.3 is 10.2 Å². The van der Waals surface area contributed by atoms with Gasteiger partial charge in [0.25, 0.3) is 0 Å². The summed E-state index contributed by atoms with van der Waals surface area (Å²) < 4.78 is 0. The lowest BCUT2D eigenvalue weighted by Crippen LogP contribution is -2.50. The highest BCUT2D eigenvalue weighted by atomic mass is 35.5. The minimum atomic E-state index is 0.703. The Morgan fingerprint density at radius 1 is 1.26 bits per heavy atom. The third kappa shape index (κ3) is 4.06. The van der Waals surface area contributed by atoms with E-state index < -0.39 is 0 Å². The molecule has 0 aromatic heterocycles. The van der Waals surface area contributed by atoms with Gasteiger partial charge in [-0.15, -0.1) is 0 Å². The maximum Gasteiger partial charge on any atom is 0.173 e. The first-order valence-electron chi connectivity index (χ1n) is 6.73. The number of benzene rings is 1. The van der Waals surface area contributed by atoms with Gasteiger partial charge in [-0.05, 0) is 37.3 Å². The van der Waals surface area contributed by atoms with Crippen LogP contribution in [0.2, 0.25) is 5.02 Å². The Bertz CT molecular complexity index is 430. The Balaban J connectivity index is 1.87. The van der Waals surface area contributed by atoms with Crippen molar-refractivity contribution in [2.45, 2.75) is 13.3 Å². The van der Waals surface area contributed by atoms with E-state index in [4.69, 9.17) is 23.8 Å². The van der Waals surface area contributed by atoms with Gasteiger partial charge in [0, 0.05) is 26.2 Å². The Hall–Kier alpha value is -0.840. The molecule has 1 saturated heterocycles. The van der Waals surface area contributed by atoms with Crippen molar-refractivity contribution in [3.8, 4) is 0 Å². The van der Waals surface area contributed by atoms with E-state index in [1.807, 2.05) is 24.3 Å². The monoisotopic (exact) mass is 297 g/mol. The Morgan fingerprint density at radius 2 is 1.95 bits per heavy atom. The number of rotatable bonds is 3. The van der Waals surface area contributed by atoms with Crippen molar-refractivity contribution >= 4 is 34.6 Å². The van der Waals surface area contributed by atoms with Crippen LogP contribution in [0.25, 0.3) is 0 Å². The second-order valence-electron chi connectivity index (χ2n) is 4.74. The molecule has 1 aliphatic heterocycles. The van der Waals surface area contributed by atoms with Crippen molar-refractivity contribution in [1.82, 2.24) is 9.80 Å². The first-order chi connectivity index (χ1) is 9.20. The summed E-state index contributed by atoms with van der Waals surface area (Å²) in [6, 6.07) is 7.68. The molecule has 2 rings (SSSR count). The van der Waals surface area contributed by atoms with Crippen molar-refractivity contribution in [2.24, 2.45) is 0 Å². The number of thiocarbonyl (C=S) groups is 1. The topological polar surface area (TPSA) is 18.5 Å². The zero-order chi connectivity index (χ0) is 13.7. The van der Waals surface area contributed by atoms with Gasteiger partial charge in [-0.25, -0.2) is 0 Å². The Morgan fingerprint density at radius 3 is 2.58 bits per heavy atom. The van der Waals surface area contributed by atoms with Crippen LogP contribution in [0.15, 0.2) is 24.3 Å². The number of hydrogen-bond acceptors (Lipinski definition) is 2. The van der Waals surface area contributed by atoms with Crippen LogP contribution in [0, 0.1) is 0 Å². The maximum atomic E-state index is 6.12. The fourth-order valence-electron chi connectivity index (χ4n) is 2.25. The highest BCUT2D eigenvalue weighted by Crippen LogP contribution is 2.21. The molecule has 19 heavy (non-hydrogen) atoms. The van der Waals surface area contributed by atoms with Crippen LogP contribution in [0.4, 0.5) is 5.69 Å². The van der Waals surface area contributed by atoms with Gasteiger partial charge in [0.05, 0.1) is 10.7 Å². The van der Waals surface area contributed by atoms with Crippen LogP contribution in [0.1, 0.15) is 13.3 Å². The molecule has 1 aromatic rings. The van der Waals surface area contributed by atoms with E-state index in [-0.39, 0.29) is 0 Å². The fourth-order valence-corrected chi connectivity index (χ4v) is 2.72. The summed E-state index contributed by atoms with van der Waals surface area (Å²) in [7, 11) is 0. The van der Waals surface area contributed by atoms with Crippen molar-refractivity contribution < 1.29 is 0 Å². The van der Waals surface area contributed by atoms with E-state index in [9.17, 15) is 0 Å². The van der Waals surface area contributed by atoms with Crippen LogP contribution in [0.3, 0.4) is 0 Å². The van der Waals surface area contributed by atoms with Crippen LogP contribution >= 0.6 is 23.8 Å². The lowest BCUT2D eigenvalue weighted by Gasteiger charge is -2.36. The van der Waals surface area contributed by atoms with Gasteiger partial charge >= 0.3 is 0 Å². The van der Waals surface area contributed by atoms with E-state index in [0.717, 1.165) is 37.0 Å². The van der Waals surface area contributed by atoms with E-state index in [1.165, 1.54) is 13.0 Å². The molecule has 0 amide bonds. The standard InChI is InChI=1S/C14H20ClN3S/c1-2-7-17-8-10-18(11-9-17)14(19)16-13-6-4-3-5-12(13)15/h3-6H,2,7-11H2,1H3,(H,16,19). The second-order valence-corrected chi connectivity index (χ2v) is 5.53. The van der Waals surface area contributed by atoms with Crippen LogP contribution < -0.4 is 5.32 Å². The normalized spacial score (nSPS) is 16.4. The van der Waals surface area contributed by atoms with Gasteiger partial charge in [0.15, 0.2) is 5.11 Å². The van der Waals surface area contributed by atoms with Crippen molar-refractivity contribution in [2.75, 3.05) is 38.0 Å². The smallest absolute Gasteiger partial charge is 0.173 e. The van der Waals surface area contributed by atoms with Crippen molar-refractivity contribution in [1.29, 1.82) is 0 Å². The molecule has 0 unspecified atom stereocenters. The number of para-hydroxylation sites is 1. The van der Waals surface area contributed by atoms with E-state index in [1.54, 1.807) is 0 Å². The molecule has 1 aromatic carbocycles. The number of piperazine rings is 1. The molecular formula is C14H20ClN3S. The van der Waals surface area contributed by atoms with E-state index in [2.05, 4.69) is 22.0 Å². The number of nitrogens with one attached hydrogen (secondary N) is 1. The van der Waals surface area contributed by atoms with Gasteiger partial charge in [0.1, 0.15) is 0 Å².